The molecule has 0 saturated heterocycles. The van der Waals surface area contributed by atoms with E-state index in [4.69, 9.17) is 0 Å². The summed E-state index contributed by atoms with van der Waals surface area (Å²) in [6.45, 7) is 5.90. The molecule has 0 bridgehead atoms. The molecule has 1 aliphatic carbocycles. The average Bonchev–Trinajstić information content (AvgIpc) is 3.21. The third-order valence-electron chi connectivity index (χ3n) is 4.26. The van der Waals surface area contributed by atoms with E-state index in [1.54, 1.807) is 6.92 Å². The molecule has 1 N–H and O–H groups in total. The Morgan fingerprint density at radius 2 is 1.65 bits per heavy atom. The highest BCUT2D eigenvalue weighted by atomic mass is 16.2. The second-order valence-corrected chi connectivity index (χ2v) is 6.33. The quantitative estimate of drug-likeness (QED) is 0.625. The van der Waals surface area contributed by atoms with E-state index in [0.29, 0.717) is 5.92 Å². The Morgan fingerprint density at radius 3 is 2.05 bits per heavy atom. The molecule has 0 spiro atoms. The maximum Gasteiger partial charge on any atom is 0.223 e. The van der Waals surface area contributed by atoms with Crippen LogP contribution in [0.25, 0.3) is 0 Å². The zero-order valence-electron chi connectivity index (χ0n) is 13.4. The number of nitrogens with one attached hydrogen (secondary N) is 1. The highest BCUT2D eigenvalue weighted by molar-refractivity contribution is 5.88. The molecule has 0 aliphatic heterocycles. The summed E-state index contributed by atoms with van der Waals surface area (Å²) in [5, 5.41) is 3.02. The van der Waals surface area contributed by atoms with Crippen LogP contribution < -0.4 is 5.32 Å². The third-order valence-corrected chi connectivity index (χ3v) is 4.26. The van der Waals surface area contributed by atoms with Crippen LogP contribution in [0, 0.1) is 11.8 Å². The molecule has 1 saturated carbocycles. The first kappa shape index (κ1) is 17.2. The van der Waals surface area contributed by atoms with Gasteiger partial charge in [-0.3, -0.25) is 9.59 Å². The summed E-state index contributed by atoms with van der Waals surface area (Å²) in [7, 11) is 0. The van der Waals surface area contributed by atoms with Crippen LogP contribution in [0.15, 0.2) is 0 Å². The van der Waals surface area contributed by atoms with Gasteiger partial charge in [-0.1, -0.05) is 52.4 Å². The molecule has 1 rings (SSSR count). The molecular weight excluding hydrogens is 250 g/mol. The normalized spacial score (nSPS) is 16.2. The van der Waals surface area contributed by atoms with Crippen LogP contribution in [0.4, 0.5) is 0 Å². The van der Waals surface area contributed by atoms with Gasteiger partial charge in [-0.15, -0.1) is 0 Å². The average molecular weight is 281 g/mol. The second kappa shape index (κ2) is 9.15. The van der Waals surface area contributed by atoms with Gasteiger partial charge in [-0.2, -0.15) is 0 Å². The first-order valence-corrected chi connectivity index (χ1v) is 8.39. The summed E-state index contributed by atoms with van der Waals surface area (Å²) in [6, 6.07) is -0.249. The van der Waals surface area contributed by atoms with E-state index in [9.17, 15) is 9.59 Å². The summed E-state index contributed by atoms with van der Waals surface area (Å²) in [4.78, 5) is 24.1. The zero-order valence-corrected chi connectivity index (χ0v) is 13.4. The minimum atomic E-state index is -0.249. The maximum atomic E-state index is 12.4. The monoisotopic (exact) mass is 281 g/mol. The fraction of sp³-hybridized carbons (Fsp3) is 0.882. The lowest BCUT2D eigenvalue weighted by molar-refractivity contribution is -0.130. The van der Waals surface area contributed by atoms with Crippen LogP contribution >= 0.6 is 0 Å². The fourth-order valence-corrected chi connectivity index (χ4v) is 2.61. The lowest BCUT2D eigenvalue weighted by atomic mass is 9.94. The Bertz CT molecular complexity index is 302. The molecule has 1 fully saturated rings. The van der Waals surface area contributed by atoms with Crippen LogP contribution in [0.3, 0.4) is 0 Å². The highest BCUT2D eigenvalue weighted by Crippen LogP contribution is 2.33. The van der Waals surface area contributed by atoms with E-state index >= 15 is 0 Å². The van der Waals surface area contributed by atoms with Gasteiger partial charge >= 0.3 is 0 Å². The molecule has 20 heavy (non-hydrogen) atoms. The van der Waals surface area contributed by atoms with Gasteiger partial charge in [0.25, 0.3) is 0 Å². The van der Waals surface area contributed by atoms with Gasteiger partial charge in [0.05, 0.1) is 6.04 Å². The van der Waals surface area contributed by atoms with Gasteiger partial charge in [-0.25, -0.2) is 0 Å². The number of Topliss-reactive ketones (excluding diaryl/α,β-unsaturated/α-hetero) is 1. The van der Waals surface area contributed by atoms with Gasteiger partial charge in [0.1, 0.15) is 0 Å². The number of unbranched alkanes of at least 4 members (excludes halogenated alkanes) is 2. The maximum absolute atomic E-state index is 12.4. The molecule has 1 aliphatic rings. The summed E-state index contributed by atoms with van der Waals surface area (Å²) in [5.41, 5.74) is 0. The predicted molar refractivity (Wildman–Crippen MR) is 82.5 cm³/mol. The van der Waals surface area contributed by atoms with E-state index < -0.39 is 0 Å². The summed E-state index contributed by atoms with van der Waals surface area (Å²) >= 11 is 0. The number of hydrogen-bond donors (Lipinski definition) is 1. The number of rotatable bonds is 11. The Morgan fingerprint density at radius 1 is 1.10 bits per heavy atom. The van der Waals surface area contributed by atoms with Crippen molar-refractivity contribution < 1.29 is 9.59 Å². The van der Waals surface area contributed by atoms with Crippen molar-refractivity contribution in [2.75, 3.05) is 0 Å². The Kier molecular flexibility index (Phi) is 7.86. The molecule has 0 aromatic heterocycles. The van der Waals surface area contributed by atoms with Gasteiger partial charge in [0.15, 0.2) is 5.78 Å². The Labute approximate surface area is 123 Å². The fourth-order valence-electron chi connectivity index (χ4n) is 2.61. The molecule has 3 heteroatoms. The van der Waals surface area contributed by atoms with Crippen molar-refractivity contribution in [1.29, 1.82) is 0 Å². The van der Waals surface area contributed by atoms with Crippen molar-refractivity contribution in [3.63, 3.8) is 0 Å². The zero-order chi connectivity index (χ0) is 15.0. The van der Waals surface area contributed by atoms with Gasteiger partial charge in [0.2, 0.25) is 5.91 Å². The second-order valence-electron chi connectivity index (χ2n) is 6.33. The number of carbonyl (C=O) groups is 2. The predicted octanol–water partition coefficient (Wildman–Crippen LogP) is 3.86. The molecular formula is C17H31NO2. The number of ketones is 1. The van der Waals surface area contributed by atoms with Gasteiger partial charge < -0.3 is 5.32 Å². The van der Waals surface area contributed by atoms with Crippen molar-refractivity contribution in [2.24, 2.45) is 11.8 Å². The van der Waals surface area contributed by atoms with E-state index in [1.165, 1.54) is 12.8 Å². The van der Waals surface area contributed by atoms with Crippen LogP contribution in [0.2, 0.25) is 0 Å². The van der Waals surface area contributed by atoms with Crippen molar-refractivity contribution in [3.05, 3.63) is 0 Å². The topological polar surface area (TPSA) is 46.2 Å². The first-order valence-electron chi connectivity index (χ1n) is 8.39. The van der Waals surface area contributed by atoms with E-state index in [2.05, 4.69) is 19.2 Å². The number of amides is 1. The minimum Gasteiger partial charge on any atom is -0.346 e. The Balaban J connectivity index is 2.49. The summed E-state index contributed by atoms with van der Waals surface area (Å²) in [6.07, 6.45) is 9.61. The number of carbonyl (C=O) groups excluding carboxylic acids is 2. The van der Waals surface area contributed by atoms with Crippen LogP contribution in [0.5, 0.6) is 0 Å². The lowest BCUT2D eigenvalue weighted by Gasteiger charge is -2.21. The molecule has 1 unspecified atom stereocenters. The van der Waals surface area contributed by atoms with Crippen LogP contribution in [-0.4, -0.2) is 17.7 Å². The SMILES string of the molecule is CCCCC(CCCC)C(=O)NC(CC1CC1)C(C)=O. The smallest absolute Gasteiger partial charge is 0.223 e. The standard InChI is InChI=1S/C17H31NO2/c1-4-6-8-15(9-7-5-2)17(20)18-16(13(3)19)12-14-10-11-14/h14-16H,4-12H2,1-3H3,(H,18,20). The van der Waals surface area contributed by atoms with E-state index in [0.717, 1.165) is 44.9 Å². The van der Waals surface area contributed by atoms with Crippen molar-refractivity contribution >= 4 is 11.7 Å². The summed E-state index contributed by atoms with van der Waals surface area (Å²) < 4.78 is 0. The Hall–Kier alpha value is -0.860. The number of hydrogen-bond acceptors (Lipinski definition) is 2. The van der Waals surface area contributed by atoms with Crippen LogP contribution in [-0.2, 0) is 9.59 Å². The summed E-state index contributed by atoms with van der Waals surface area (Å²) in [5.74, 6) is 0.965. The molecule has 0 heterocycles. The van der Waals surface area contributed by atoms with Crippen molar-refractivity contribution in [1.82, 2.24) is 5.32 Å². The largest absolute Gasteiger partial charge is 0.346 e. The van der Waals surface area contributed by atoms with Gasteiger partial charge in [0, 0.05) is 5.92 Å². The molecule has 1 amide bonds. The first-order chi connectivity index (χ1) is 9.58. The molecule has 116 valence electrons. The van der Waals surface area contributed by atoms with E-state index in [-0.39, 0.29) is 23.7 Å². The highest BCUT2D eigenvalue weighted by Gasteiger charge is 2.30. The van der Waals surface area contributed by atoms with E-state index in [1.807, 2.05) is 0 Å². The third kappa shape index (κ3) is 6.53. The molecule has 0 aromatic carbocycles. The van der Waals surface area contributed by atoms with Gasteiger partial charge in [-0.05, 0) is 32.1 Å². The van der Waals surface area contributed by atoms with Crippen molar-refractivity contribution in [3.8, 4) is 0 Å². The molecule has 1 atom stereocenters. The van der Waals surface area contributed by atoms with Crippen molar-refractivity contribution in [2.45, 2.75) is 84.6 Å². The lowest BCUT2D eigenvalue weighted by Crippen LogP contribution is -2.43. The molecule has 0 aromatic rings. The minimum absolute atomic E-state index is 0.0935. The molecule has 0 radical (unpaired) electrons. The molecule has 3 nitrogen and oxygen atoms in total. The van der Waals surface area contributed by atoms with Crippen LogP contribution in [0.1, 0.15) is 78.6 Å².